The van der Waals surface area contributed by atoms with Gasteiger partial charge >= 0.3 is 11.3 Å². The van der Waals surface area contributed by atoms with Gasteiger partial charge in [-0.15, -0.1) is 0 Å². The third kappa shape index (κ3) is 8.19. The topological polar surface area (TPSA) is 27.0 Å². The van der Waals surface area contributed by atoms with Crippen molar-refractivity contribution in [2.45, 2.75) is 46.0 Å². The highest BCUT2D eigenvalue weighted by Gasteiger charge is 2.23. The van der Waals surface area contributed by atoms with Gasteiger partial charge in [0.05, 0.1) is 23.1 Å². The SMILES string of the molecule is CCc1cc(CC)cc(C2=C(/C=C/c3cc(-c4ccccc4)[o+]c4cc(N(C)C)ccc34)CCC/C2=C\C=C2/C=C(c3ccccc3)Oc3cc(N(C)C)ccc32)c1. The molecule has 1 aliphatic carbocycles. The van der Waals surface area contributed by atoms with Crippen LogP contribution in [0.3, 0.4) is 0 Å². The van der Waals surface area contributed by atoms with Gasteiger partial charge in [0.25, 0.3) is 0 Å². The molecule has 6 aromatic rings. The Morgan fingerprint density at radius 3 is 2.00 bits per heavy atom. The lowest BCUT2D eigenvalue weighted by Crippen LogP contribution is -2.10. The molecule has 1 aliphatic heterocycles. The van der Waals surface area contributed by atoms with Gasteiger partial charge in [-0.05, 0) is 114 Å². The minimum absolute atomic E-state index is 0.856. The molecule has 0 unspecified atom stereocenters. The Kier molecular flexibility index (Phi) is 11.3. The van der Waals surface area contributed by atoms with E-state index in [2.05, 4.69) is 191 Å². The highest BCUT2D eigenvalue weighted by atomic mass is 16.5. The largest absolute Gasteiger partial charge is 0.456 e. The maximum Gasteiger partial charge on any atom is 0.363 e. The molecule has 4 heteroatoms. The average molecular weight is 762 g/mol. The zero-order valence-electron chi connectivity index (χ0n) is 34.7. The number of hydrogen-bond donors (Lipinski definition) is 0. The smallest absolute Gasteiger partial charge is 0.363 e. The van der Waals surface area contributed by atoms with Crippen LogP contribution in [-0.2, 0) is 12.8 Å². The second-order valence-corrected chi connectivity index (χ2v) is 15.7. The first-order valence-electron chi connectivity index (χ1n) is 20.6. The lowest BCUT2D eigenvalue weighted by molar-refractivity contribution is 0.509. The number of anilines is 2. The fraction of sp³-hybridized carbons (Fsp3) is 0.204. The predicted octanol–water partition coefficient (Wildman–Crippen LogP) is 13.7. The minimum Gasteiger partial charge on any atom is -0.456 e. The van der Waals surface area contributed by atoms with E-state index >= 15 is 0 Å². The molecule has 5 aromatic carbocycles. The molecule has 2 heterocycles. The molecule has 4 nitrogen and oxygen atoms in total. The summed E-state index contributed by atoms with van der Waals surface area (Å²) in [5.41, 5.74) is 16.7. The highest BCUT2D eigenvalue weighted by Crippen LogP contribution is 2.42. The molecule has 0 N–H and O–H groups in total. The van der Waals surface area contributed by atoms with Crippen molar-refractivity contribution >= 4 is 45.3 Å². The maximum atomic E-state index is 6.59. The predicted molar refractivity (Wildman–Crippen MR) is 247 cm³/mol. The molecular weight excluding hydrogens is 709 g/mol. The van der Waals surface area contributed by atoms with Gasteiger partial charge in [0, 0.05) is 62.3 Å². The molecule has 0 amide bonds. The van der Waals surface area contributed by atoms with E-state index in [1.54, 1.807) is 0 Å². The number of allylic oxidation sites excluding steroid dienone is 8. The summed E-state index contributed by atoms with van der Waals surface area (Å²) in [7, 11) is 8.27. The lowest BCUT2D eigenvalue weighted by Gasteiger charge is -2.24. The van der Waals surface area contributed by atoms with E-state index in [9.17, 15) is 0 Å². The van der Waals surface area contributed by atoms with Gasteiger partial charge in [-0.25, -0.2) is 4.42 Å². The van der Waals surface area contributed by atoms with Crippen molar-refractivity contribution in [2.24, 2.45) is 0 Å². The fourth-order valence-corrected chi connectivity index (χ4v) is 8.05. The van der Waals surface area contributed by atoms with Crippen LogP contribution in [0.15, 0.2) is 161 Å². The normalized spacial score (nSPS) is 15.5. The van der Waals surface area contributed by atoms with Crippen LogP contribution in [0, 0.1) is 0 Å². The summed E-state index contributed by atoms with van der Waals surface area (Å²) in [6, 6.07) is 43.2. The molecule has 0 saturated heterocycles. The second kappa shape index (κ2) is 17.0. The van der Waals surface area contributed by atoms with Crippen LogP contribution in [0.25, 0.3) is 45.3 Å². The third-order valence-electron chi connectivity index (χ3n) is 11.3. The summed E-state index contributed by atoms with van der Waals surface area (Å²) in [6.45, 7) is 4.52. The lowest BCUT2D eigenvalue weighted by atomic mass is 9.81. The van der Waals surface area contributed by atoms with Crippen molar-refractivity contribution in [3.8, 4) is 17.1 Å². The van der Waals surface area contributed by atoms with Crippen molar-refractivity contribution in [1.29, 1.82) is 0 Å². The van der Waals surface area contributed by atoms with Gasteiger partial charge in [0.15, 0.2) is 0 Å². The Morgan fingerprint density at radius 1 is 0.638 bits per heavy atom. The van der Waals surface area contributed by atoms with Gasteiger partial charge in [-0.3, -0.25) is 0 Å². The maximum absolute atomic E-state index is 6.59. The zero-order valence-corrected chi connectivity index (χ0v) is 34.7. The molecule has 2 aliphatic rings. The monoisotopic (exact) mass is 761 g/mol. The van der Waals surface area contributed by atoms with Crippen LogP contribution in [0.1, 0.15) is 66.5 Å². The molecule has 0 saturated carbocycles. The van der Waals surface area contributed by atoms with Crippen molar-refractivity contribution in [1.82, 2.24) is 0 Å². The number of aryl methyl sites for hydroxylation is 2. The van der Waals surface area contributed by atoms with Gasteiger partial charge < -0.3 is 14.5 Å². The first-order chi connectivity index (χ1) is 28.3. The minimum atomic E-state index is 0.856. The molecule has 1 aromatic heterocycles. The van der Waals surface area contributed by atoms with Crippen molar-refractivity contribution in [3.05, 3.63) is 190 Å². The average Bonchev–Trinajstić information content (AvgIpc) is 3.26. The Hall–Kier alpha value is -6.39. The number of rotatable bonds is 10. The summed E-state index contributed by atoms with van der Waals surface area (Å²) in [4.78, 5) is 4.24. The molecule has 0 atom stereocenters. The quantitative estimate of drug-likeness (QED) is 0.130. The van der Waals surface area contributed by atoms with Crippen LogP contribution in [0.4, 0.5) is 11.4 Å². The van der Waals surface area contributed by atoms with Crippen LogP contribution in [0.2, 0.25) is 0 Å². The first-order valence-corrected chi connectivity index (χ1v) is 20.6. The molecular formula is C54H53N2O2+. The number of fused-ring (bicyclic) bond motifs is 2. The van der Waals surface area contributed by atoms with Crippen molar-refractivity contribution < 1.29 is 9.15 Å². The summed E-state index contributed by atoms with van der Waals surface area (Å²) in [5.74, 6) is 2.58. The Morgan fingerprint density at radius 2 is 1.31 bits per heavy atom. The second-order valence-electron chi connectivity index (χ2n) is 15.7. The van der Waals surface area contributed by atoms with Crippen molar-refractivity contribution in [3.63, 3.8) is 0 Å². The fourth-order valence-electron chi connectivity index (χ4n) is 8.05. The Labute approximate surface area is 344 Å². The van der Waals surface area contributed by atoms with Crippen LogP contribution in [-0.4, -0.2) is 28.2 Å². The number of ether oxygens (including phenoxy) is 1. The third-order valence-corrected chi connectivity index (χ3v) is 11.3. The van der Waals surface area contributed by atoms with E-state index < -0.39 is 0 Å². The van der Waals surface area contributed by atoms with E-state index in [0.717, 1.165) is 99.5 Å². The molecule has 8 rings (SSSR count). The van der Waals surface area contributed by atoms with Gasteiger partial charge in [0.2, 0.25) is 0 Å². The molecule has 0 fully saturated rings. The van der Waals surface area contributed by atoms with Crippen LogP contribution in [0.5, 0.6) is 5.75 Å². The number of hydrogen-bond acceptors (Lipinski definition) is 3. The molecule has 0 bridgehead atoms. The molecule has 0 spiro atoms. The standard InChI is InChI=1S/C54H53N2O2/c1-7-37-30-38(8-2)32-45(31-37)54-41(22-24-43-33-50(39-16-11-9-12-17-39)57-52-35-46(55(3)4)26-28-48(43)52)20-15-21-42(54)23-25-44-34-51(40-18-13-10-14-19-40)58-53-36-47(56(5)6)27-29-49(44)53/h9-14,16-19,22-36H,7-8,15,20-21H2,1-6H3/q+1. The van der Waals surface area contributed by atoms with Crippen LogP contribution >= 0.6 is 0 Å². The first kappa shape index (κ1) is 38.5. The zero-order chi connectivity index (χ0) is 40.2. The van der Waals surface area contributed by atoms with E-state index in [1.165, 1.54) is 33.4 Å². The van der Waals surface area contributed by atoms with Crippen LogP contribution < -0.4 is 14.5 Å². The summed E-state index contributed by atoms with van der Waals surface area (Å²) in [6.07, 6.45) is 16.7. The van der Waals surface area contributed by atoms with Crippen molar-refractivity contribution in [2.75, 3.05) is 38.0 Å². The summed E-state index contributed by atoms with van der Waals surface area (Å²) < 4.78 is 13.2. The van der Waals surface area contributed by atoms with Gasteiger partial charge in [-0.2, -0.15) is 0 Å². The van der Waals surface area contributed by atoms with Gasteiger partial charge in [-0.1, -0.05) is 105 Å². The van der Waals surface area contributed by atoms with E-state index in [4.69, 9.17) is 9.15 Å². The Bertz CT molecular complexity index is 2600. The van der Waals surface area contributed by atoms with E-state index in [-0.39, 0.29) is 0 Å². The van der Waals surface area contributed by atoms with Gasteiger partial charge in [0.1, 0.15) is 11.5 Å². The molecule has 0 radical (unpaired) electrons. The highest BCUT2D eigenvalue weighted by molar-refractivity contribution is 5.93. The number of benzene rings is 5. The summed E-state index contributed by atoms with van der Waals surface area (Å²) in [5, 5.41) is 1.10. The summed E-state index contributed by atoms with van der Waals surface area (Å²) >= 11 is 0. The molecule has 290 valence electrons. The number of nitrogens with zero attached hydrogens (tertiary/aromatic N) is 2. The van der Waals surface area contributed by atoms with E-state index in [1.807, 2.05) is 12.1 Å². The Balaban J connectivity index is 1.29. The molecule has 58 heavy (non-hydrogen) atoms. The van der Waals surface area contributed by atoms with E-state index in [0.29, 0.717) is 0 Å².